The van der Waals surface area contributed by atoms with E-state index in [1.165, 1.54) is 25.2 Å². The van der Waals surface area contributed by atoms with Crippen molar-refractivity contribution in [3.63, 3.8) is 0 Å². The Morgan fingerprint density at radius 2 is 2.07 bits per heavy atom. The number of benzene rings is 2. The first-order valence-electron chi connectivity index (χ1n) is 9.11. The highest BCUT2D eigenvalue weighted by molar-refractivity contribution is 7.89. The molecule has 1 aliphatic heterocycles. The van der Waals surface area contributed by atoms with Gasteiger partial charge in [0.25, 0.3) is 5.91 Å². The van der Waals surface area contributed by atoms with Gasteiger partial charge in [-0.15, -0.1) is 0 Å². The summed E-state index contributed by atoms with van der Waals surface area (Å²) in [5.74, 6) is 1.15. The van der Waals surface area contributed by atoms with Crippen molar-refractivity contribution in [3.8, 4) is 11.5 Å². The fourth-order valence-electron chi connectivity index (χ4n) is 3.11. The van der Waals surface area contributed by atoms with Gasteiger partial charge in [-0.3, -0.25) is 4.79 Å². The van der Waals surface area contributed by atoms with E-state index in [1.807, 2.05) is 26.0 Å². The number of rotatable bonds is 7. The Bertz CT molecular complexity index is 988. The van der Waals surface area contributed by atoms with Gasteiger partial charge in [0, 0.05) is 29.7 Å². The summed E-state index contributed by atoms with van der Waals surface area (Å²) >= 11 is 0. The maximum Gasteiger partial charge on any atom is 0.251 e. The van der Waals surface area contributed by atoms with Crippen LogP contribution in [0.1, 0.15) is 35.3 Å². The second-order valence-corrected chi connectivity index (χ2v) is 8.44. The number of ether oxygens (including phenoxy) is 2. The Morgan fingerprint density at radius 3 is 2.79 bits per heavy atom. The second-order valence-electron chi connectivity index (χ2n) is 6.55. The Morgan fingerprint density at radius 1 is 1.29 bits per heavy atom. The summed E-state index contributed by atoms with van der Waals surface area (Å²) in [7, 11) is -2.29. The van der Waals surface area contributed by atoms with Crippen molar-refractivity contribution < 1.29 is 22.7 Å². The molecule has 1 amide bonds. The first-order chi connectivity index (χ1) is 13.3. The molecule has 0 aliphatic carbocycles. The Kier molecular flexibility index (Phi) is 5.90. The number of hydrogen-bond donors (Lipinski definition) is 2. The van der Waals surface area contributed by atoms with Crippen LogP contribution in [0.5, 0.6) is 11.5 Å². The maximum atomic E-state index is 12.5. The van der Waals surface area contributed by atoms with E-state index in [4.69, 9.17) is 9.47 Å². The van der Waals surface area contributed by atoms with Crippen LogP contribution in [0.25, 0.3) is 0 Å². The third-order valence-corrected chi connectivity index (χ3v) is 5.91. The molecule has 2 aromatic rings. The molecular weight excluding hydrogens is 380 g/mol. The van der Waals surface area contributed by atoms with Gasteiger partial charge in [-0.2, -0.15) is 0 Å². The van der Waals surface area contributed by atoms with Crippen LogP contribution < -0.4 is 19.5 Å². The first-order valence-corrected chi connectivity index (χ1v) is 10.6. The Balaban J connectivity index is 1.78. The van der Waals surface area contributed by atoms with E-state index in [1.54, 1.807) is 6.07 Å². The molecule has 3 rings (SSSR count). The van der Waals surface area contributed by atoms with Gasteiger partial charge in [-0.1, -0.05) is 6.07 Å². The molecule has 1 aliphatic rings. The number of carbonyl (C=O) groups is 1. The van der Waals surface area contributed by atoms with Crippen LogP contribution >= 0.6 is 0 Å². The quantitative estimate of drug-likeness (QED) is 0.738. The predicted octanol–water partition coefficient (Wildman–Crippen LogP) is 2.25. The van der Waals surface area contributed by atoms with Gasteiger partial charge in [0.2, 0.25) is 10.0 Å². The standard InChI is InChI=1S/C20H24N2O5S/c1-4-26-18-10-15-8-13(2)27-19(15)11-16(18)12-22-20(23)14-6-5-7-17(9-14)28(24,25)21-3/h5-7,9-11,13,21H,4,8,12H2,1-3H3,(H,22,23). The average molecular weight is 404 g/mol. The van der Waals surface area contributed by atoms with Gasteiger partial charge in [0.05, 0.1) is 11.5 Å². The molecule has 150 valence electrons. The molecule has 0 spiro atoms. The molecule has 8 heteroatoms. The van der Waals surface area contributed by atoms with Crippen LogP contribution in [0.3, 0.4) is 0 Å². The lowest BCUT2D eigenvalue weighted by Crippen LogP contribution is -2.24. The third-order valence-electron chi connectivity index (χ3n) is 4.49. The Hall–Kier alpha value is -2.58. The minimum absolute atomic E-state index is 0.0394. The van der Waals surface area contributed by atoms with Crippen LogP contribution in [0.15, 0.2) is 41.3 Å². The third kappa shape index (κ3) is 4.28. The fraction of sp³-hybridized carbons (Fsp3) is 0.350. The zero-order valence-corrected chi connectivity index (χ0v) is 16.9. The SMILES string of the molecule is CCOc1cc2c(cc1CNC(=O)c1cccc(S(=O)(=O)NC)c1)OC(C)C2. The molecule has 1 heterocycles. The molecule has 0 bridgehead atoms. The largest absolute Gasteiger partial charge is 0.494 e. The minimum Gasteiger partial charge on any atom is -0.494 e. The number of amides is 1. The monoisotopic (exact) mass is 404 g/mol. The van der Waals surface area contributed by atoms with E-state index < -0.39 is 10.0 Å². The highest BCUT2D eigenvalue weighted by atomic mass is 32.2. The molecule has 1 unspecified atom stereocenters. The molecule has 0 fully saturated rings. The highest BCUT2D eigenvalue weighted by Crippen LogP contribution is 2.35. The normalized spacial score (nSPS) is 15.6. The number of carbonyl (C=O) groups excluding carboxylic acids is 1. The van der Waals surface area contributed by atoms with Crippen LogP contribution in [-0.2, 0) is 23.0 Å². The number of sulfonamides is 1. The second kappa shape index (κ2) is 8.20. The number of hydrogen-bond acceptors (Lipinski definition) is 5. The molecule has 0 aromatic heterocycles. The summed E-state index contributed by atoms with van der Waals surface area (Å²) < 4.78 is 37.6. The highest BCUT2D eigenvalue weighted by Gasteiger charge is 2.22. The topological polar surface area (TPSA) is 93.7 Å². The molecular formula is C20H24N2O5S. The van der Waals surface area contributed by atoms with Gasteiger partial charge in [0.1, 0.15) is 17.6 Å². The van der Waals surface area contributed by atoms with Crippen molar-refractivity contribution in [2.24, 2.45) is 0 Å². The number of nitrogens with one attached hydrogen (secondary N) is 2. The fourth-order valence-corrected chi connectivity index (χ4v) is 3.88. The molecule has 0 radical (unpaired) electrons. The van der Waals surface area contributed by atoms with Crippen molar-refractivity contribution in [1.82, 2.24) is 10.0 Å². The summed E-state index contributed by atoms with van der Waals surface area (Å²) in [5.41, 5.74) is 2.17. The lowest BCUT2D eigenvalue weighted by Gasteiger charge is -2.13. The van der Waals surface area contributed by atoms with Crippen molar-refractivity contribution in [3.05, 3.63) is 53.1 Å². The van der Waals surface area contributed by atoms with Crippen molar-refractivity contribution in [1.29, 1.82) is 0 Å². The van der Waals surface area contributed by atoms with Gasteiger partial charge in [-0.25, -0.2) is 13.1 Å². The summed E-state index contributed by atoms with van der Waals surface area (Å²) in [4.78, 5) is 12.6. The Labute approximate surface area is 165 Å². The maximum absolute atomic E-state index is 12.5. The van der Waals surface area contributed by atoms with Crippen molar-refractivity contribution in [2.75, 3.05) is 13.7 Å². The van der Waals surface area contributed by atoms with E-state index in [9.17, 15) is 13.2 Å². The smallest absolute Gasteiger partial charge is 0.251 e. The molecule has 2 N–H and O–H groups in total. The van der Waals surface area contributed by atoms with E-state index in [2.05, 4.69) is 10.0 Å². The van der Waals surface area contributed by atoms with Crippen molar-refractivity contribution >= 4 is 15.9 Å². The van der Waals surface area contributed by atoms with E-state index >= 15 is 0 Å². The van der Waals surface area contributed by atoms with Crippen LogP contribution in [0.2, 0.25) is 0 Å². The van der Waals surface area contributed by atoms with E-state index in [0.717, 1.165) is 23.3 Å². The minimum atomic E-state index is -3.61. The predicted molar refractivity (Wildman–Crippen MR) is 105 cm³/mol. The lowest BCUT2D eigenvalue weighted by atomic mass is 10.1. The van der Waals surface area contributed by atoms with Crippen molar-refractivity contribution in [2.45, 2.75) is 37.8 Å². The molecule has 1 atom stereocenters. The molecule has 2 aromatic carbocycles. The first kappa shape index (κ1) is 20.2. The molecule has 0 saturated carbocycles. The van der Waals surface area contributed by atoms with Crippen LogP contribution in [-0.4, -0.2) is 34.1 Å². The average Bonchev–Trinajstić information content (AvgIpc) is 3.05. The summed E-state index contributed by atoms with van der Waals surface area (Å²) in [6, 6.07) is 9.75. The van der Waals surface area contributed by atoms with E-state index in [-0.39, 0.29) is 29.0 Å². The van der Waals surface area contributed by atoms with Crippen LogP contribution in [0, 0.1) is 0 Å². The van der Waals surface area contributed by atoms with Gasteiger partial charge >= 0.3 is 0 Å². The zero-order chi connectivity index (χ0) is 20.3. The number of fused-ring (bicyclic) bond motifs is 1. The van der Waals surface area contributed by atoms with Gasteiger partial charge < -0.3 is 14.8 Å². The molecule has 0 saturated heterocycles. The van der Waals surface area contributed by atoms with Crippen LogP contribution in [0.4, 0.5) is 0 Å². The summed E-state index contributed by atoms with van der Waals surface area (Å²) in [6.45, 7) is 4.67. The zero-order valence-electron chi connectivity index (χ0n) is 16.1. The van der Waals surface area contributed by atoms with E-state index in [0.29, 0.717) is 12.4 Å². The molecule has 7 nitrogen and oxygen atoms in total. The van der Waals surface area contributed by atoms with Gasteiger partial charge in [-0.05, 0) is 51.2 Å². The molecule has 28 heavy (non-hydrogen) atoms. The lowest BCUT2D eigenvalue weighted by molar-refractivity contribution is 0.0950. The summed E-state index contributed by atoms with van der Waals surface area (Å²) in [5, 5.41) is 2.82. The summed E-state index contributed by atoms with van der Waals surface area (Å²) in [6.07, 6.45) is 0.945. The van der Waals surface area contributed by atoms with Gasteiger partial charge in [0.15, 0.2) is 0 Å².